The van der Waals surface area contributed by atoms with Crippen LogP contribution in [0.15, 0.2) is 24.5 Å². The van der Waals surface area contributed by atoms with E-state index >= 15 is 0 Å². The Balaban J connectivity index is 2.77. The minimum atomic E-state index is -2.13. The minimum Gasteiger partial charge on any atom is -0.264 e. The third-order valence-corrected chi connectivity index (χ3v) is 2.74. The molecule has 0 radical (unpaired) electrons. The van der Waals surface area contributed by atoms with Crippen LogP contribution in [0.25, 0.3) is 6.08 Å². The normalized spacial score (nSPS) is 14.0. The maximum absolute atomic E-state index is 10.8. The Morgan fingerprint density at radius 2 is 2.23 bits per heavy atom. The summed E-state index contributed by atoms with van der Waals surface area (Å²) in [4.78, 5) is 4.37. The van der Waals surface area contributed by atoms with Crippen molar-refractivity contribution in [2.24, 2.45) is 0 Å². The summed E-state index contributed by atoms with van der Waals surface area (Å²) in [6, 6.07) is 1.73. The Morgan fingerprint density at radius 3 is 3.00 bits per heavy atom. The molecule has 0 spiro atoms. The Kier molecular flexibility index (Phi) is 1.98. The molecular weight excluding hydrogens is 186 g/mol. The highest BCUT2D eigenvalue weighted by atomic mass is 32.2. The van der Waals surface area contributed by atoms with Crippen LogP contribution in [0.1, 0.15) is 17.5 Å². The lowest BCUT2D eigenvalue weighted by molar-refractivity contribution is 0.627. The van der Waals surface area contributed by atoms with E-state index in [4.69, 9.17) is 0 Å². The van der Waals surface area contributed by atoms with E-state index in [1.165, 1.54) is 0 Å². The third-order valence-electron chi connectivity index (χ3n) is 1.95. The summed E-state index contributed by atoms with van der Waals surface area (Å²) in [7, 11) is -2.13. The molecule has 0 aliphatic heterocycles. The Labute approximate surface area is 77.3 Å². The summed E-state index contributed by atoms with van der Waals surface area (Å²) in [5.41, 5.74) is 1.64. The van der Waals surface area contributed by atoms with Gasteiger partial charge < -0.3 is 0 Å². The summed E-state index contributed by atoms with van der Waals surface area (Å²) in [6.07, 6.45) is 7.46. The van der Waals surface area contributed by atoms with E-state index in [9.17, 15) is 8.42 Å². The SMILES string of the molecule is O=S(=O)=C1CC=Cc2cnccc21. The summed E-state index contributed by atoms with van der Waals surface area (Å²) in [5.74, 6) is 0. The molecule has 1 aliphatic rings. The molecule has 0 atom stereocenters. The van der Waals surface area contributed by atoms with E-state index in [0.29, 0.717) is 11.3 Å². The van der Waals surface area contributed by atoms with Crippen LogP contribution in [0.3, 0.4) is 0 Å². The standard InChI is InChI=1S/C9H7NO2S/c11-13(12)9-3-1-2-7-6-10-5-4-8(7)9/h1-2,4-6H,3H2. The van der Waals surface area contributed by atoms with Gasteiger partial charge in [-0.3, -0.25) is 4.98 Å². The molecule has 66 valence electrons. The first kappa shape index (κ1) is 8.19. The van der Waals surface area contributed by atoms with Gasteiger partial charge in [0.2, 0.25) is 10.3 Å². The highest BCUT2D eigenvalue weighted by Gasteiger charge is 2.11. The minimum absolute atomic E-state index is 0.444. The van der Waals surface area contributed by atoms with Crippen LogP contribution in [0, 0.1) is 0 Å². The zero-order valence-corrected chi connectivity index (χ0v) is 7.58. The first-order valence-electron chi connectivity index (χ1n) is 3.85. The second kappa shape index (κ2) is 3.14. The van der Waals surface area contributed by atoms with Gasteiger partial charge >= 0.3 is 0 Å². The molecule has 1 heterocycles. The molecule has 13 heavy (non-hydrogen) atoms. The van der Waals surface area contributed by atoms with Gasteiger partial charge in [-0.15, -0.1) is 0 Å². The largest absolute Gasteiger partial charge is 0.264 e. The van der Waals surface area contributed by atoms with E-state index in [1.54, 1.807) is 18.5 Å². The summed E-state index contributed by atoms with van der Waals surface area (Å²) < 4.78 is 21.7. The summed E-state index contributed by atoms with van der Waals surface area (Å²) in [6.45, 7) is 0. The maximum Gasteiger partial charge on any atom is 0.218 e. The van der Waals surface area contributed by atoms with Crippen LogP contribution in [0.4, 0.5) is 0 Å². The van der Waals surface area contributed by atoms with Gasteiger partial charge in [-0.05, 0) is 6.07 Å². The monoisotopic (exact) mass is 193 g/mol. The number of hydrogen-bond acceptors (Lipinski definition) is 3. The highest BCUT2D eigenvalue weighted by Crippen LogP contribution is 2.17. The molecule has 1 aromatic rings. The summed E-state index contributed by atoms with van der Waals surface area (Å²) in [5, 5.41) is 0. The third kappa shape index (κ3) is 1.40. The predicted octanol–water partition coefficient (Wildman–Crippen LogP) is 0.898. The molecule has 1 aromatic heterocycles. The van der Waals surface area contributed by atoms with Gasteiger partial charge in [0.25, 0.3) is 0 Å². The van der Waals surface area contributed by atoms with Crippen molar-refractivity contribution in [2.45, 2.75) is 6.42 Å². The van der Waals surface area contributed by atoms with E-state index in [-0.39, 0.29) is 0 Å². The van der Waals surface area contributed by atoms with E-state index in [1.807, 2.05) is 12.2 Å². The van der Waals surface area contributed by atoms with Gasteiger partial charge in [0, 0.05) is 29.9 Å². The topological polar surface area (TPSA) is 47.0 Å². The molecule has 4 heteroatoms. The van der Waals surface area contributed by atoms with Crippen LogP contribution >= 0.6 is 0 Å². The fraction of sp³-hybridized carbons (Fsp3) is 0.111. The number of fused-ring (bicyclic) bond motifs is 1. The number of rotatable bonds is 0. The Bertz CT molecular complexity index is 492. The molecule has 0 saturated heterocycles. The number of allylic oxidation sites excluding steroid dienone is 1. The average molecular weight is 193 g/mol. The van der Waals surface area contributed by atoms with Crippen molar-refractivity contribution in [2.75, 3.05) is 0 Å². The van der Waals surface area contributed by atoms with Gasteiger partial charge in [-0.2, -0.15) is 8.42 Å². The van der Waals surface area contributed by atoms with Crippen LogP contribution in [0.5, 0.6) is 0 Å². The van der Waals surface area contributed by atoms with Crippen molar-refractivity contribution in [1.29, 1.82) is 0 Å². The zero-order valence-electron chi connectivity index (χ0n) is 6.77. The second-order valence-electron chi connectivity index (χ2n) is 2.73. The predicted molar refractivity (Wildman–Crippen MR) is 50.9 cm³/mol. The van der Waals surface area contributed by atoms with Crippen LogP contribution in [-0.4, -0.2) is 18.3 Å². The lowest BCUT2D eigenvalue weighted by atomic mass is 10.00. The van der Waals surface area contributed by atoms with Crippen molar-refractivity contribution in [3.8, 4) is 0 Å². The maximum atomic E-state index is 10.8. The van der Waals surface area contributed by atoms with Crippen molar-refractivity contribution in [3.05, 3.63) is 35.7 Å². The quantitative estimate of drug-likeness (QED) is 0.575. The molecule has 0 saturated carbocycles. The lowest BCUT2D eigenvalue weighted by Crippen LogP contribution is -2.06. The fourth-order valence-corrected chi connectivity index (χ4v) is 1.95. The Morgan fingerprint density at radius 1 is 1.38 bits per heavy atom. The van der Waals surface area contributed by atoms with E-state index in [0.717, 1.165) is 11.1 Å². The molecule has 0 bridgehead atoms. The van der Waals surface area contributed by atoms with Crippen LogP contribution in [0.2, 0.25) is 0 Å². The number of hydrogen-bond donors (Lipinski definition) is 0. The van der Waals surface area contributed by atoms with Gasteiger partial charge in [0.1, 0.15) is 0 Å². The smallest absolute Gasteiger partial charge is 0.218 e. The van der Waals surface area contributed by atoms with Crippen molar-refractivity contribution < 1.29 is 8.42 Å². The number of nitrogens with zero attached hydrogens (tertiary/aromatic N) is 1. The zero-order chi connectivity index (χ0) is 9.26. The molecule has 2 rings (SSSR count). The van der Waals surface area contributed by atoms with Gasteiger partial charge in [-0.1, -0.05) is 12.2 Å². The lowest BCUT2D eigenvalue weighted by Gasteiger charge is -2.08. The molecule has 0 N–H and O–H groups in total. The van der Waals surface area contributed by atoms with E-state index in [2.05, 4.69) is 4.98 Å². The first-order chi connectivity index (χ1) is 6.29. The van der Waals surface area contributed by atoms with Gasteiger partial charge in [-0.25, -0.2) is 0 Å². The summed E-state index contributed by atoms with van der Waals surface area (Å²) >= 11 is 0. The molecular formula is C9H7NO2S. The van der Waals surface area contributed by atoms with Gasteiger partial charge in [0.15, 0.2) is 0 Å². The van der Waals surface area contributed by atoms with Crippen molar-refractivity contribution >= 4 is 21.2 Å². The van der Waals surface area contributed by atoms with Crippen LogP contribution < -0.4 is 0 Å². The van der Waals surface area contributed by atoms with Crippen molar-refractivity contribution in [3.63, 3.8) is 0 Å². The van der Waals surface area contributed by atoms with E-state index < -0.39 is 10.3 Å². The molecule has 3 nitrogen and oxygen atoms in total. The first-order valence-corrected chi connectivity index (χ1v) is 4.92. The van der Waals surface area contributed by atoms with Gasteiger partial charge in [0.05, 0.1) is 4.86 Å². The average Bonchev–Trinajstić information content (AvgIpc) is 2.17. The molecule has 0 unspecified atom stereocenters. The second-order valence-corrected chi connectivity index (χ2v) is 3.69. The molecule has 0 amide bonds. The fourth-order valence-electron chi connectivity index (χ4n) is 1.35. The molecule has 1 aliphatic carbocycles. The number of pyridine rings is 1. The number of aromatic nitrogens is 1. The van der Waals surface area contributed by atoms with Crippen molar-refractivity contribution in [1.82, 2.24) is 4.98 Å². The molecule has 0 fully saturated rings. The van der Waals surface area contributed by atoms with Crippen LogP contribution in [-0.2, 0) is 10.3 Å². The highest BCUT2D eigenvalue weighted by molar-refractivity contribution is 7.73. The Hall–Kier alpha value is -1.42. The molecule has 0 aromatic carbocycles.